The van der Waals surface area contributed by atoms with Crippen LogP contribution in [0.4, 0.5) is 5.69 Å². The Kier molecular flexibility index (Phi) is 2.38. The second-order valence-electron chi connectivity index (χ2n) is 4.10. The molecule has 0 bridgehead atoms. The van der Waals surface area contributed by atoms with Gasteiger partial charge in [-0.2, -0.15) is 0 Å². The van der Waals surface area contributed by atoms with Gasteiger partial charge in [0, 0.05) is 16.6 Å². The van der Waals surface area contributed by atoms with Gasteiger partial charge in [-0.1, -0.05) is 30.3 Å². The van der Waals surface area contributed by atoms with Crippen LogP contribution in [-0.4, -0.2) is 5.78 Å². The van der Waals surface area contributed by atoms with E-state index in [0.717, 1.165) is 5.39 Å². The first-order valence-electron chi connectivity index (χ1n) is 5.63. The van der Waals surface area contributed by atoms with Crippen LogP contribution >= 0.6 is 0 Å². The number of para-hydroxylation sites is 1. The number of hydrogen-bond acceptors (Lipinski definition) is 3. The van der Waals surface area contributed by atoms with E-state index in [4.69, 9.17) is 10.2 Å². The molecular formula is C15H11NO2. The zero-order valence-corrected chi connectivity index (χ0v) is 9.59. The molecule has 1 aromatic heterocycles. The van der Waals surface area contributed by atoms with Gasteiger partial charge in [-0.3, -0.25) is 4.79 Å². The van der Waals surface area contributed by atoms with Crippen LogP contribution in [0.15, 0.2) is 59.0 Å². The molecule has 0 atom stereocenters. The van der Waals surface area contributed by atoms with Crippen molar-refractivity contribution in [3.8, 4) is 0 Å². The van der Waals surface area contributed by atoms with Gasteiger partial charge in [0.2, 0.25) is 5.78 Å². The van der Waals surface area contributed by atoms with E-state index in [2.05, 4.69) is 0 Å². The van der Waals surface area contributed by atoms with Gasteiger partial charge in [-0.15, -0.1) is 0 Å². The Hall–Kier alpha value is -2.55. The SMILES string of the molecule is Nc1cccc(C(=O)c2cc3ccccc3o2)c1. The molecule has 0 saturated heterocycles. The molecule has 0 saturated carbocycles. The predicted octanol–water partition coefficient (Wildman–Crippen LogP) is 3.25. The minimum Gasteiger partial charge on any atom is -0.453 e. The van der Waals surface area contributed by atoms with Gasteiger partial charge >= 0.3 is 0 Å². The third-order valence-electron chi connectivity index (χ3n) is 2.80. The highest BCUT2D eigenvalue weighted by atomic mass is 16.3. The lowest BCUT2D eigenvalue weighted by Gasteiger charge is -1.98. The van der Waals surface area contributed by atoms with Gasteiger partial charge in [0.05, 0.1) is 0 Å². The Morgan fingerprint density at radius 3 is 2.61 bits per heavy atom. The lowest BCUT2D eigenvalue weighted by Crippen LogP contribution is -2.00. The van der Waals surface area contributed by atoms with Gasteiger partial charge in [-0.25, -0.2) is 0 Å². The number of carbonyl (C=O) groups is 1. The number of carbonyl (C=O) groups excluding carboxylic acids is 1. The van der Waals surface area contributed by atoms with E-state index in [1.807, 2.05) is 24.3 Å². The van der Waals surface area contributed by atoms with Crippen molar-refractivity contribution in [1.82, 2.24) is 0 Å². The molecule has 0 aliphatic rings. The molecule has 0 aliphatic heterocycles. The summed E-state index contributed by atoms with van der Waals surface area (Å²) in [6.45, 7) is 0. The van der Waals surface area contributed by atoms with Crippen molar-refractivity contribution >= 4 is 22.4 Å². The lowest BCUT2D eigenvalue weighted by atomic mass is 10.1. The van der Waals surface area contributed by atoms with Crippen LogP contribution in [0, 0.1) is 0 Å². The molecule has 3 nitrogen and oxygen atoms in total. The molecule has 0 aliphatic carbocycles. The van der Waals surface area contributed by atoms with E-state index >= 15 is 0 Å². The molecule has 0 amide bonds. The summed E-state index contributed by atoms with van der Waals surface area (Å²) in [5.41, 5.74) is 7.48. The van der Waals surface area contributed by atoms with Crippen LogP contribution in [0.3, 0.4) is 0 Å². The first kappa shape index (κ1) is 10.6. The Morgan fingerprint density at radius 1 is 1.00 bits per heavy atom. The van der Waals surface area contributed by atoms with E-state index in [1.54, 1.807) is 30.3 Å². The van der Waals surface area contributed by atoms with Gasteiger partial charge in [0.1, 0.15) is 5.58 Å². The minimum absolute atomic E-state index is 0.154. The molecule has 3 aromatic rings. The second kappa shape index (κ2) is 4.04. The van der Waals surface area contributed by atoms with Crippen molar-refractivity contribution in [2.75, 3.05) is 5.73 Å². The lowest BCUT2D eigenvalue weighted by molar-refractivity contribution is 0.101. The second-order valence-corrected chi connectivity index (χ2v) is 4.10. The number of anilines is 1. The molecule has 0 fully saturated rings. The summed E-state index contributed by atoms with van der Waals surface area (Å²) in [5, 5.41) is 0.921. The smallest absolute Gasteiger partial charge is 0.228 e. The Labute approximate surface area is 104 Å². The summed E-state index contributed by atoms with van der Waals surface area (Å²) in [5.74, 6) is 0.181. The molecule has 0 unspecified atom stereocenters. The number of ketones is 1. The standard InChI is InChI=1S/C15H11NO2/c16-12-6-3-5-11(8-12)15(17)14-9-10-4-1-2-7-13(10)18-14/h1-9H,16H2. The van der Waals surface area contributed by atoms with E-state index in [9.17, 15) is 4.79 Å². The Balaban J connectivity index is 2.06. The number of rotatable bonds is 2. The molecule has 0 spiro atoms. The van der Waals surface area contributed by atoms with Crippen molar-refractivity contribution < 1.29 is 9.21 Å². The molecule has 2 aromatic carbocycles. The number of fused-ring (bicyclic) bond motifs is 1. The molecule has 0 radical (unpaired) electrons. The molecule has 3 rings (SSSR count). The van der Waals surface area contributed by atoms with Crippen LogP contribution in [-0.2, 0) is 0 Å². The third kappa shape index (κ3) is 1.76. The average Bonchev–Trinajstić information content (AvgIpc) is 2.81. The summed E-state index contributed by atoms with van der Waals surface area (Å²) < 4.78 is 5.53. The Morgan fingerprint density at radius 2 is 1.83 bits per heavy atom. The molecular weight excluding hydrogens is 226 g/mol. The van der Waals surface area contributed by atoms with Gasteiger partial charge in [0.25, 0.3) is 0 Å². The van der Waals surface area contributed by atoms with Gasteiger partial charge in [-0.05, 0) is 24.3 Å². The molecule has 88 valence electrons. The summed E-state index contributed by atoms with van der Waals surface area (Å²) in [7, 11) is 0. The Bertz CT molecular complexity index is 695. The normalized spacial score (nSPS) is 10.7. The largest absolute Gasteiger partial charge is 0.453 e. The zero-order chi connectivity index (χ0) is 12.5. The van der Waals surface area contributed by atoms with Crippen LogP contribution in [0.1, 0.15) is 16.1 Å². The average molecular weight is 237 g/mol. The van der Waals surface area contributed by atoms with Crippen molar-refractivity contribution in [3.05, 3.63) is 65.9 Å². The van der Waals surface area contributed by atoms with Crippen molar-refractivity contribution in [2.45, 2.75) is 0 Å². The fourth-order valence-corrected chi connectivity index (χ4v) is 1.92. The molecule has 2 N–H and O–H groups in total. The topological polar surface area (TPSA) is 56.2 Å². The summed E-state index contributed by atoms with van der Waals surface area (Å²) in [6, 6.07) is 16.2. The van der Waals surface area contributed by atoms with Crippen molar-refractivity contribution in [3.63, 3.8) is 0 Å². The first-order chi connectivity index (χ1) is 8.74. The third-order valence-corrected chi connectivity index (χ3v) is 2.80. The van der Waals surface area contributed by atoms with E-state index in [1.165, 1.54) is 0 Å². The minimum atomic E-state index is -0.154. The molecule has 3 heteroatoms. The van der Waals surface area contributed by atoms with E-state index < -0.39 is 0 Å². The zero-order valence-electron chi connectivity index (χ0n) is 9.59. The van der Waals surface area contributed by atoms with E-state index in [0.29, 0.717) is 22.6 Å². The first-order valence-corrected chi connectivity index (χ1v) is 5.63. The highest BCUT2D eigenvalue weighted by molar-refractivity contribution is 6.09. The maximum atomic E-state index is 12.2. The highest BCUT2D eigenvalue weighted by Gasteiger charge is 2.14. The van der Waals surface area contributed by atoms with E-state index in [-0.39, 0.29) is 5.78 Å². The number of furan rings is 1. The maximum Gasteiger partial charge on any atom is 0.228 e. The number of hydrogen-bond donors (Lipinski definition) is 1. The fourth-order valence-electron chi connectivity index (χ4n) is 1.92. The van der Waals surface area contributed by atoms with Gasteiger partial charge in [0.15, 0.2) is 5.76 Å². The molecule has 18 heavy (non-hydrogen) atoms. The highest BCUT2D eigenvalue weighted by Crippen LogP contribution is 2.21. The predicted molar refractivity (Wildman–Crippen MR) is 70.5 cm³/mol. The van der Waals surface area contributed by atoms with Crippen LogP contribution < -0.4 is 5.73 Å². The van der Waals surface area contributed by atoms with Crippen LogP contribution in [0.5, 0.6) is 0 Å². The van der Waals surface area contributed by atoms with Crippen molar-refractivity contribution in [2.24, 2.45) is 0 Å². The number of benzene rings is 2. The van der Waals surface area contributed by atoms with Crippen LogP contribution in [0.25, 0.3) is 11.0 Å². The summed E-state index contributed by atoms with van der Waals surface area (Å²) >= 11 is 0. The monoisotopic (exact) mass is 237 g/mol. The quantitative estimate of drug-likeness (QED) is 0.549. The van der Waals surface area contributed by atoms with Gasteiger partial charge < -0.3 is 10.2 Å². The fraction of sp³-hybridized carbons (Fsp3) is 0. The summed E-state index contributed by atoms with van der Waals surface area (Å²) in [6.07, 6.45) is 0. The number of nitrogen functional groups attached to an aromatic ring is 1. The van der Waals surface area contributed by atoms with Crippen molar-refractivity contribution in [1.29, 1.82) is 0 Å². The molecule has 1 heterocycles. The number of nitrogens with two attached hydrogens (primary N) is 1. The summed E-state index contributed by atoms with van der Waals surface area (Å²) in [4.78, 5) is 12.2. The van der Waals surface area contributed by atoms with Crippen LogP contribution in [0.2, 0.25) is 0 Å². The maximum absolute atomic E-state index is 12.2.